The van der Waals surface area contributed by atoms with Crippen molar-refractivity contribution in [2.24, 2.45) is 0 Å². The highest BCUT2D eigenvalue weighted by Gasteiger charge is 2.20. The van der Waals surface area contributed by atoms with Gasteiger partial charge in [0.2, 0.25) is 5.91 Å². The Hall–Kier alpha value is -4.17. The Morgan fingerprint density at radius 1 is 0.886 bits per heavy atom. The SMILES string of the molecule is COc1ccc(CN[C@@H](CCC(=O)NC(=O)c2ccc(-c3ccccc3)cc2)C(=O)O)c(OC)c1. The van der Waals surface area contributed by atoms with Crippen molar-refractivity contribution in [3.63, 3.8) is 0 Å². The molecule has 2 amide bonds. The molecular weight excluding hydrogens is 448 g/mol. The highest BCUT2D eigenvalue weighted by Crippen LogP contribution is 2.24. The van der Waals surface area contributed by atoms with E-state index in [2.05, 4.69) is 10.6 Å². The second-order valence-electron chi connectivity index (χ2n) is 7.81. The molecule has 3 aromatic rings. The maximum absolute atomic E-state index is 12.4. The number of benzene rings is 3. The zero-order valence-corrected chi connectivity index (χ0v) is 19.6. The van der Waals surface area contributed by atoms with Gasteiger partial charge in [0, 0.05) is 30.2 Å². The van der Waals surface area contributed by atoms with E-state index in [1.807, 2.05) is 42.5 Å². The van der Waals surface area contributed by atoms with E-state index in [-0.39, 0.29) is 19.4 Å². The Labute approximate surface area is 203 Å². The molecule has 0 fully saturated rings. The van der Waals surface area contributed by atoms with Gasteiger partial charge in [-0.05, 0) is 35.7 Å². The van der Waals surface area contributed by atoms with Gasteiger partial charge in [0.15, 0.2) is 0 Å². The van der Waals surface area contributed by atoms with E-state index < -0.39 is 23.8 Å². The molecule has 3 rings (SSSR count). The summed E-state index contributed by atoms with van der Waals surface area (Å²) in [5.74, 6) is -0.984. The van der Waals surface area contributed by atoms with Crippen LogP contribution in [-0.2, 0) is 16.1 Å². The summed E-state index contributed by atoms with van der Waals surface area (Å²) in [7, 11) is 3.06. The van der Waals surface area contributed by atoms with Gasteiger partial charge in [-0.3, -0.25) is 19.7 Å². The highest BCUT2D eigenvalue weighted by molar-refractivity contribution is 6.04. The molecule has 0 aliphatic carbocycles. The fraction of sp³-hybridized carbons (Fsp3) is 0.222. The third-order valence-electron chi connectivity index (χ3n) is 5.50. The van der Waals surface area contributed by atoms with Crippen molar-refractivity contribution in [2.45, 2.75) is 25.4 Å². The molecule has 8 nitrogen and oxygen atoms in total. The first-order valence-electron chi connectivity index (χ1n) is 11.1. The van der Waals surface area contributed by atoms with Crippen molar-refractivity contribution in [3.8, 4) is 22.6 Å². The molecule has 0 aliphatic heterocycles. The third kappa shape index (κ3) is 7.15. The van der Waals surface area contributed by atoms with Crippen LogP contribution in [0.2, 0.25) is 0 Å². The average Bonchev–Trinajstić information content (AvgIpc) is 2.89. The molecule has 35 heavy (non-hydrogen) atoms. The third-order valence-corrected chi connectivity index (χ3v) is 5.50. The average molecular weight is 477 g/mol. The van der Waals surface area contributed by atoms with E-state index in [0.29, 0.717) is 17.1 Å². The van der Waals surface area contributed by atoms with Gasteiger partial charge in [0.1, 0.15) is 17.5 Å². The summed E-state index contributed by atoms with van der Waals surface area (Å²) in [6.07, 6.45) is -0.114. The highest BCUT2D eigenvalue weighted by atomic mass is 16.5. The predicted octanol–water partition coefficient (Wildman–Crippen LogP) is 3.65. The van der Waals surface area contributed by atoms with Crippen LogP contribution in [-0.4, -0.2) is 43.2 Å². The van der Waals surface area contributed by atoms with Gasteiger partial charge in [-0.2, -0.15) is 0 Å². The van der Waals surface area contributed by atoms with Crippen molar-refractivity contribution in [3.05, 3.63) is 83.9 Å². The predicted molar refractivity (Wildman–Crippen MR) is 131 cm³/mol. The van der Waals surface area contributed by atoms with Crippen LogP contribution >= 0.6 is 0 Å². The van der Waals surface area contributed by atoms with Crippen LogP contribution in [0.25, 0.3) is 11.1 Å². The quantitative estimate of drug-likeness (QED) is 0.387. The van der Waals surface area contributed by atoms with E-state index in [9.17, 15) is 19.5 Å². The van der Waals surface area contributed by atoms with Gasteiger partial charge in [-0.1, -0.05) is 48.5 Å². The first-order chi connectivity index (χ1) is 16.9. The summed E-state index contributed by atoms with van der Waals surface area (Å²) in [6, 6.07) is 20.9. The number of imide groups is 1. The molecule has 0 radical (unpaired) electrons. The minimum Gasteiger partial charge on any atom is -0.497 e. The first kappa shape index (κ1) is 25.5. The minimum absolute atomic E-state index is 0.0138. The lowest BCUT2D eigenvalue weighted by Gasteiger charge is -2.16. The van der Waals surface area contributed by atoms with Crippen molar-refractivity contribution >= 4 is 17.8 Å². The summed E-state index contributed by atoms with van der Waals surface area (Å²) in [6.45, 7) is 0.221. The molecule has 3 aromatic carbocycles. The summed E-state index contributed by atoms with van der Waals surface area (Å²) in [4.78, 5) is 36.4. The molecule has 0 saturated heterocycles. The number of carboxylic acid groups (broad SMARTS) is 1. The number of hydrogen-bond acceptors (Lipinski definition) is 6. The second kappa shape index (κ2) is 12.3. The van der Waals surface area contributed by atoms with Gasteiger partial charge in [-0.15, -0.1) is 0 Å². The number of carboxylic acids is 1. The van der Waals surface area contributed by atoms with Gasteiger partial charge in [0.05, 0.1) is 14.2 Å². The number of carbonyl (C=O) groups excluding carboxylic acids is 2. The topological polar surface area (TPSA) is 114 Å². The monoisotopic (exact) mass is 476 g/mol. The molecular formula is C27H28N2O6. The Bertz CT molecular complexity index is 1160. The lowest BCUT2D eigenvalue weighted by atomic mass is 10.0. The number of amides is 2. The van der Waals surface area contributed by atoms with E-state index in [4.69, 9.17) is 9.47 Å². The van der Waals surface area contributed by atoms with E-state index >= 15 is 0 Å². The number of methoxy groups -OCH3 is 2. The lowest BCUT2D eigenvalue weighted by molar-refractivity contribution is -0.139. The number of carbonyl (C=O) groups is 3. The standard InChI is InChI=1S/C27H28N2O6/c1-34-22-13-12-21(24(16-22)35-2)17-28-23(27(32)33)14-15-25(30)29-26(31)20-10-8-19(9-11-20)18-6-4-3-5-7-18/h3-13,16,23,28H,14-15,17H2,1-2H3,(H,32,33)(H,29,30,31)/t23-/m0/s1. The zero-order chi connectivity index (χ0) is 25.2. The van der Waals surface area contributed by atoms with Crippen LogP contribution in [0.5, 0.6) is 11.5 Å². The number of ether oxygens (including phenoxy) is 2. The first-order valence-corrected chi connectivity index (χ1v) is 11.1. The van der Waals surface area contributed by atoms with Crippen molar-refractivity contribution in [2.75, 3.05) is 14.2 Å². The molecule has 3 N–H and O–H groups in total. The molecule has 8 heteroatoms. The molecule has 0 bridgehead atoms. The Morgan fingerprint density at radius 3 is 2.20 bits per heavy atom. The maximum Gasteiger partial charge on any atom is 0.320 e. The maximum atomic E-state index is 12.4. The molecule has 0 spiro atoms. The van der Waals surface area contributed by atoms with Crippen LogP contribution < -0.4 is 20.1 Å². The van der Waals surface area contributed by atoms with Crippen LogP contribution in [0.3, 0.4) is 0 Å². The molecule has 0 heterocycles. The minimum atomic E-state index is -1.09. The molecule has 182 valence electrons. The normalized spacial score (nSPS) is 11.4. The largest absolute Gasteiger partial charge is 0.497 e. The fourth-order valence-electron chi connectivity index (χ4n) is 3.53. The van der Waals surface area contributed by atoms with Crippen LogP contribution in [0, 0.1) is 0 Å². The summed E-state index contributed by atoms with van der Waals surface area (Å²) >= 11 is 0. The Balaban J connectivity index is 1.52. The number of hydrogen-bond donors (Lipinski definition) is 3. The molecule has 0 aliphatic rings. The zero-order valence-electron chi connectivity index (χ0n) is 19.6. The number of nitrogens with one attached hydrogen (secondary N) is 2. The van der Waals surface area contributed by atoms with Crippen LogP contribution in [0.15, 0.2) is 72.8 Å². The smallest absolute Gasteiger partial charge is 0.320 e. The van der Waals surface area contributed by atoms with Crippen LogP contribution in [0.4, 0.5) is 0 Å². The number of aliphatic carboxylic acids is 1. The summed E-state index contributed by atoms with van der Waals surface area (Å²) in [5.41, 5.74) is 3.07. The number of rotatable bonds is 11. The molecule has 0 saturated carbocycles. The molecule has 0 unspecified atom stereocenters. The van der Waals surface area contributed by atoms with E-state index in [0.717, 1.165) is 16.7 Å². The van der Waals surface area contributed by atoms with Crippen molar-refractivity contribution in [1.82, 2.24) is 10.6 Å². The summed E-state index contributed by atoms with van der Waals surface area (Å²) in [5, 5.41) is 14.8. The Morgan fingerprint density at radius 2 is 1.57 bits per heavy atom. The van der Waals surface area contributed by atoms with Gasteiger partial charge in [-0.25, -0.2) is 0 Å². The van der Waals surface area contributed by atoms with Crippen molar-refractivity contribution < 1.29 is 29.0 Å². The second-order valence-corrected chi connectivity index (χ2v) is 7.81. The van der Waals surface area contributed by atoms with E-state index in [1.165, 1.54) is 7.11 Å². The van der Waals surface area contributed by atoms with E-state index in [1.54, 1.807) is 37.4 Å². The van der Waals surface area contributed by atoms with Gasteiger partial charge >= 0.3 is 5.97 Å². The lowest BCUT2D eigenvalue weighted by Crippen LogP contribution is -2.38. The van der Waals surface area contributed by atoms with Crippen LogP contribution in [0.1, 0.15) is 28.8 Å². The molecule has 0 aromatic heterocycles. The fourth-order valence-corrected chi connectivity index (χ4v) is 3.53. The van der Waals surface area contributed by atoms with Gasteiger partial charge < -0.3 is 19.9 Å². The Kier molecular flexibility index (Phi) is 8.97. The summed E-state index contributed by atoms with van der Waals surface area (Å²) < 4.78 is 10.5. The van der Waals surface area contributed by atoms with Gasteiger partial charge in [0.25, 0.3) is 5.91 Å². The van der Waals surface area contributed by atoms with Crippen molar-refractivity contribution in [1.29, 1.82) is 0 Å². The molecule has 1 atom stereocenters.